The maximum atomic E-state index is 12.6. The number of methoxy groups -OCH3 is 1. The van der Waals surface area contributed by atoms with Crippen molar-refractivity contribution in [3.8, 4) is 11.5 Å². The van der Waals surface area contributed by atoms with Gasteiger partial charge in [-0.25, -0.2) is 0 Å². The van der Waals surface area contributed by atoms with Gasteiger partial charge in [-0.3, -0.25) is 9.69 Å². The van der Waals surface area contributed by atoms with Gasteiger partial charge in [-0.15, -0.1) is 11.8 Å². The molecule has 1 saturated heterocycles. The van der Waals surface area contributed by atoms with E-state index in [9.17, 15) is 4.79 Å². The Balaban J connectivity index is 1.62. The molecule has 1 aliphatic heterocycles. The van der Waals surface area contributed by atoms with Crippen molar-refractivity contribution in [2.45, 2.75) is 12.0 Å². The van der Waals surface area contributed by atoms with Gasteiger partial charge in [0.1, 0.15) is 12.0 Å². The van der Waals surface area contributed by atoms with E-state index in [0.29, 0.717) is 33.9 Å². The first kappa shape index (κ1) is 22.3. The van der Waals surface area contributed by atoms with E-state index in [1.807, 2.05) is 48.5 Å². The number of hydrogen-bond donors (Lipinski definition) is 0. The number of benzene rings is 3. The number of halogens is 3. The molecule has 4 rings (SSSR count). The van der Waals surface area contributed by atoms with Crippen molar-refractivity contribution in [1.82, 2.24) is 0 Å². The number of amides is 1. The number of ether oxygens (including phenoxy) is 2. The van der Waals surface area contributed by atoms with Crippen molar-refractivity contribution < 1.29 is 14.3 Å². The fourth-order valence-corrected chi connectivity index (χ4v) is 5.43. The summed E-state index contributed by atoms with van der Waals surface area (Å²) in [6.45, 7) is 0.350. The van der Waals surface area contributed by atoms with Gasteiger partial charge in [0, 0.05) is 15.7 Å². The van der Waals surface area contributed by atoms with E-state index >= 15 is 0 Å². The predicted octanol–water partition coefficient (Wildman–Crippen LogP) is 7.12. The van der Waals surface area contributed by atoms with Crippen molar-refractivity contribution in [3.63, 3.8) is 0 Å². The molecule has 1 amide bonds. The molecular formula is C23H18BrCl2NO3S. The van der Waals surface area contributed by atoms with Crippen molar-refractivity contribution in [1.29, 1.82) is 0 Å². The third kappa shape index (κ3) is 4.98. The first-order valence-corrected chi connectivity index (χ1v) is 12.0. The molecule has 0 radical (unpaired) electrons. The number of carbonyl (C=O) groups excluding carboxylic acids is 1. The Morgan fingerprint density at radius 2 is 1.87 bits per heavy atom. The van der Waals surface area contributed by atoms with Crippen LogP contribution in [0.3, 0.4) is 0 Å². The van der Waals surface area contributed by atoms with Crippen LogP contribution in [-0.2, 0) is 11.4 Å². The van der Waals surface area contributed by atoms with Gasteiger partial charge in [0.25, 0.3) is 0 Å². The molecule has 1 heterocycles. The fraction of sp³-hybridized carbons (Fsp3) is 0.174. The summed E-state index contributed by atoms with van der Waals surface area (Å²) in [5, 5.41) is 1.11. The maximum Gasteiger partial charge on any atom is 0.238 e. The molecule has 0 aromatic heterocycles. The third-order valence-electron chi connectivity index (χ3n) is 4.78. The van der Waals surface area contributed by atoms with Crippen molar-refractivity contribution in [2.75, 3.05) is 17.8 Å². The SMILES string of the molecule is COc1cc([C@H]2SCC(=O)N2c2ccc(Cl)cc2)cc(Br)c1OCc1cccc(Cl)c1. The molecule has 8 heteroatoms. The summed E-state index contributed by atoms with van der Waals surface area (Å²) in [7, 11) is 1.60. The molecule has 3 aromatic carbocycles. The Labute approximate surface area is 203 Å². The zero-order valence-electron chi connectivity index (χ0n) is 16.5. The molecule has 0 N–H and O–H groups in total. The summed E-state index contributed by atoms with van der Waals surface area (Å²) in [6.07, 6.45) is 0. The number of carbonyl (C=O) groups is 1. The monoisotopic (exact) mass is 537 g/mol. The lowest BCUT2D eigenvalue weighted by Crippen LogP contribution is -2.27. The second-order valence-corrected chi connectivity index (χ2v) is 9.65. The normalized spacial score (nSPS) is 15.9. The minimum Gasteiger partial charge on any atom is -0.493 e. The van der Waals surface area contributed by atoms with Crippen LogP contribution in [0.25, 0.3) is 0 Å². The van der Waals surface area contributed by atoms with E-state index in [-0.39, 0.29) is 11.3 Å². The quantitative estimate of drug-likeness (QED) is 0.335. The summed E-state index contributed by atoms with van der Waals surface area (Å²) >= 11 is 17.3. The smallest absolute Gasteiger partial charge is 0.238 e. The van der Waals surface area contributed by atoms with E-state index in [0.717, 1.165) is 21.3 Å². The molecule has 0 aliphatic carbocycles. The number of thioether (sulfide) groups is 1. The van der Waals surface area contributed by atoms with Gasteiger partial charge in [0.2, 0.25) is 5.91 Å². The molecule has 0 saturated carbocycles. The van der Waals surface area contributed by atoms with Crippen LogP contribution in [0.2, 0.25) is 10.0 Å². The Hall–Kier alpha value is -1.86. The van der Waals surface area contributed by atoms with Gasteiger partial charge in [-0.2, -0.15) is 0 Å². The zero-order chi connectivity index (χ0) is 22.0. The van der Waals surface area contributed by atoms with Gasteiger partial charge in [0.05, 0.1) is 17.3 Å². The third-order valence-corrected chi connectivity index (χ3v) is 7.07. The van der Waals surface area contributed by atoms with Gasteiger partial charge in [-0.1, -0.05) is 35.3 Å². The fourth-order valence-electron chi connectivity index (χ4n) is 3.36. The van der Waals surface area contributed by atoms with Gasteiger partial charge in [-0.05, 0) is 75.6 Å². The average Bonchev–Trinajstić information content (AvgIpc) is 3.14. The van der Waals surface area contributed by atoms with Crippen LogP contribution in [0.5, 0.6) is 11.5 Å². The lowest BCUT2D eigenvalue weighted by molar-refractivity contribution is -0.115. The number of nitrogens with zero attached hydrogens (tertiary/aromatic N) is 1. The largest absolute Gasteiger partial charge is 0.493 e. The first-order chi connectivity index (χ1) is 15.0. The number of anilines is 1. The Bertz CT molecular complexity index is 1110. The lowest BCUT2D eigenvalue weighted by Gasteiger charge is -2.25. The Morgan fingerprint density at radius 1 is 1.10 bits per heavy atom. The van der Waals surface area contributed by atoms with Crippen LogP contribution in [0.1, 0.15) is 16.5 Å². The van der Waals surface area contributed by atoms with E-state index in [1.54, 1.807) is 35.9 Å². The Morgan fingerprint density at radius 3 is 2.58 bits per heavy atom. The molecule has 1 atom stereocenters. The maximum absolute atomic E-state index is 12.6. The molecule has 31 heavy (non-hydrogen) atoms. The van der Waals surface area contributed by atoms with Gasteiger partial charge < -0.3 is 9.47 Å². The molecule has 0 bridgehead atoms. The highest BCUT2D eigenvalue weighted by Crippen LogP contribution is 2.46. The summed E-state index contributed by atoms with van der Waals surface area (Å²) in [6, 6.07) is 18.7. The summed E-state index contributed by atoms with van der Waals surface area (Å²) < 4.78 is 12.4. The van der Waals surface area contributed by atoms with Crippen molar-refractivity contribution in [2.24, 2.45) is 0 Å². The van der Waals surface area contributed by atoms with Crippen LogP contribution < -0.4 is 14.4 Å². The highest BCUT2D eigenvalue weighted by Gasteiger charge is 2.35. The van der Waals surface area contributed by atoms with Crippen molar-refractivity contribution in [3.05, 3.63) is 86.3 Å². The van der Waals surface area contributed by atoms with Crippen molar-refractivity contribution >= 4 is 62.5 Å². The predicted molar refractivity (Wildman–Crippen MR) is 131 cm³/mol. The van der Waals surface area contributed by atoms with E-state index in [4.69, 9.17) is 32.7 Å². The van der Waals surface area contributed by atoms with E-state index in [1.165, 1.54) is 0 Å². The highest BCUT2D eigenvalue weighted by atomic mass is 79.9. The second-order valence-electron chi connectivity index (χ2n) is 6.86. The second kappa shape index (κ2) is 9.74. The molecule has 4 nitrogen and oxygen atoms in total. The van der Waals surface area contributed by atoms with Gasteiger partial charge in [0.15, 0.2) is 11.5 Å². The first-order valence-electron chi connectivity index (χ1n) is 9.40. The Kier molecular flexibility index (Phi) is 7.02. The average molecular weight is 539 g/mol. The van der Waals surface area contributed by atoms with Crippen LogP contribution in [0, 0.1) is 0 Å². The van der Waals surface area contributed by atoms with Gasteiger partial charge >= 0.3 is 0 Å². The molecule has 160 valence electrons. The topological polar surface area (TPSA) is 38.8 Å². The molecule has 1 aliphatic rings. The summed E-state index contributed by atoms with van der Waals surface area (Å²) in [5.41, 5.74) is 2.70. The molecular weight excluding hydrogens is 521 g/mol. The summed E-state index contributed by atoms with van der Waals surface area (Å²) in [5.74, 6) is 1.63. The van der Waals surface area contributed by atoms with Crippen LogP contribution >= 0.6 is 50.9 Å². The highest BCUT2D eigenvalue weighted by molar-refractivity contribution is 9.10. The number of hydrogen-bond acceptors (Lipinski definition) is 4. The molecule has 0 spiro atoms. The molecule has 1 fully saturated rings. The van der Waals surface area contributed by atoms with Crippen LogP contribution in [0.4, 0.5) is 5.69 Å². The standard InChI is InChI=1S/C23H18BrCl2NO3S/c1-29-20-11-15(10-19(24)22(20)30-12-14-3-2-4-17(26)9-14)23-27(21(28)13-31-23)18-7-5-16(25)6-8-18/h2-11,23H,12-13H2,1H3/t23-/m1/s1. The molecule has 3 aromatic rings. The minimum atomic E-state index is -0.180. The lowest BCUT2D eigenvalue weighted by atomic mass is 10.1. The van der Waals surface area contributed by atoms with E-state index < -0.39 is 0 Å². The van der Waals surface area contributed by atoms with Crippen LogP contribution in [0.15, 0.2) is 65.1 Å². The van der Waals surface area contributed by atoms with Crippen LogP contribution in [-0.4, -0.2) is 18.8 Å². The minimum absolute atomic E-state index is 0.0497. The summed E-state index contributed by atoms with van der Waals surface area (Å²) in [4.78, 5) is 14.4. The van der Waals surface area contributed by atoms with E-state index in [2.05, 4.69) is 15.9 Å². The molecule has 0 unspecified atom stereocenters. The number of rotatable bonds is 6. The zero-order valence-corrected chi connectivity index (χ0v) is 20.4.